The molecule has 0 aliphatic carbocycles. The Morgan fingerprint density at radius 1 is 0.868 bits per heavy atom. The van der Waals surface area contributed by atoms with Crippen LogP contribution < -0.4 is 10.6 Å². The van der Waals surface area contributed by atoms with Crippen molar-refractivity contribution in [1.29, 1.82) is 0 Å². The number of benzene rings is 2. The number of rotatable bonds is 13. The van der Waals surface area contributed by atoms with Gasteiger partial charge in [0, 0.05) is 13.0 Å². The maximum absolute atomic E-state index is 13.0. The van der Waals surface area contributed by atoms with Crippen molar-refractivity contribution >= 4 is 45.5 Å². The molecule has 0 radical (unpaired) electrons. The predicted molar refractivity (Wildman–Crippen MR) is 145 cm³/mol. The van der Waals surface area contributed by atoms with Crippen molar-refractivity contribution in [1.82, 2.24) is 15.5 Å². The maximum atomic E-state index is 13.0. The lowest BCUT2D eigenvalue weighted by Gasteiger charge is -2.24. The van der Waals surface area contributed by atoms with E-state index < -0.39 is 34.7 Å². The molecule has 0 saturated heterocycles. The van der Waals surface area contributed by atoms with Crippen molar-refractivity contribution in [3.05, 3.63) is 71.3 Å². The molecule has 10 heteroatoms. The fourth-order valence-electron chi connectivity index (χ4n) is 4.29. The SMILES string of the molecule is CC(C)CC(NC(=O)C(Br)CCCN1C(=O)c2ccccc2C1=O)C(=O)N[C@@H](Cc1ccccc1)C(=O)O. The van der Waals surface area contributed by atoms with Crippen LogP contribution in [-0.2, 0) is 20.8 Å². The smallest absolute Gasteiger partial charge is 0.326 e. The molecule has 3 atom stereocenters. The van der Waals surface area contributed by atoms with E-state index >= 15 is 0 Å². The maximum Gasteiger partial charge on any atom is 0.326 e. The Bertz CT molecular complexity index is 1150. The number of alkyl halides is 1. The van der Waals surface area contributed by atoms with Crippen molar-refractivity contribution in [3.63, 3.8) is 0 Å². The molecule has 1 aliphatic rings. The van der Waals surface area contributed by atoms with Gasteiger partial charge in [-0.15, -0.1) is 0 Å². The van der Waals surface area contributed by atoms with E-state index in [0.717, 1.165) is 5.56 Å². The van der Waals surface area contributed by atoms with Crippen LogP contribution in [0.5, 0.6) is 0 Å². The van der Waals surface area contributed by atoms with E-state index in [0.29, 0.717) is 30.4 Å². The molecule has 1 aliphatic heterocycles. The number of carbonyl (C=O) groups excluding carboxylic acids is 4. The number of carboxylic acids is 1. The summed E-state index contributed by atoms with van der Waals surface area (Å²) in [6, 6.07) is 13.6. The molecule has 202 valence electrons. The second-order valence-electron chi connectivity index (χ2n) is 9.70. The van der Waals surface area contributed by atoms with Crippen LogP contribution in [0.3, 0.4) is 0 Å². The zero-order valence-corrected chi connectivity index (χ0v) is 22.9. The van der Waals surface area contributed by atoms with Crippen LogP contribution in [0.2, 0.25) is 0 Å². The minimum atomic E-state index is -1.16. The van der Waals surface area contributed by atoms with Gasteiger partial charge >= 0.3 is 5.97 Å². The quantitative estimate of drug-likeness (QED) is 0.244. The molecule has 4 amide bonds. The Labute approximate surface area is 230 Å². The standard InChI is InChI=1S/C28H32BrN3O6/c1-17(2)15-22(25(34)31-23(28(37)38)16-18-9-4-3-5-10-18)30-24(33)21(29)13-8-14-32-26(35)19-11-6-7-12-20(19)27(32)36/h3-7,9-12,17,21-23H,8,13-16H2,1-2H3,(H,30,33)(H,31,34)(H,37,38)/t21?,22?,23-/m0/s1. The van der Waals surface area contributed by atoms with Crippen LogP contribution in [0.25, 0.3) is 0 Å². The molecule has 0 saturated carbocycles. The number of halogens is 1. The molecule has 2 aromatic rings. The van der Waals surface area contributed by atoms with Gasteiger partial charge < -0.3 is 15.7 Å². The topological polar surface area (TPSA) is 133 Å². The Morgan fingerprint density at radius 2 is 1.42 bits per heavy atom. The highest BCUT2D eigenvalue weighted by atomic mass is 79.9. The van der Waals surface area contributed by atoms with Gasteiger partial charge in [-0.3, -0.25) is 24.1 Å². The number of aliphatic carboxylic acids is 1. The third-order valence-electron chi connectivity index (χ3n) is 6.24. The second kappa shape index (κ2) is 13.3. The number of nitrogens with zero attached hydrogens (tertiary/aromatic N) is 1. The highest BCUT2D eigenvalue weighted by Crippen LogP contribution is 2.23. The molecular weight excluding hydrogens is 554 g/mol. The average Bonchev–Trinajstić information content (AvgIpc) is 3.13. The second-order valence-corrected chi connectivity index (χ2v) is 10.8. The first-order chi connectivity index (χ1) is 18.1. The lowest BCUT2D eigenvalue weighted by molar-refractivity contribution is -0.142. The highest BCUT2D eigenvalue weighted by Gasteiger charge is 2.35. The molecule has 0 aromatic heterocycles. The van der Waals surface area contributed by atoms with E-state index in [1.54, 1.807) is 48.5 Å². The summed E-state index contributed by atoms with van der Waals surface area (Å²) in [5.74, 6) is -2.80. The van der Waals surface area contributed by atoms with Crippen molar-refractivity contribution in [2.45, 2.75) is 56.4 Å². The Balaban J connectivity index is 1.55. The zero-order chi connectivity index (χ0) is 27.8. The third-order valence-corrected chi connectivity index (χ3v) is 7.11. The summed E-state index contributed by atoms with van der Waals surface area (Å²) in [6.07, 6.45) is 1.14. The monoisotopic (exact) mass is 585 g/mol. The lowest BCUT2D eigenvalue weighted by Crippen LogP contribution is -2.53. The summed E-state index contributed by atoms with van der Waals surface area (Å²) >= 11 is 3.35. The fraction of sp³-hybridized carbons (Fsp3) is 0.393. The van der Waals surface area contributed by atoms with Crippen molar-refractivity contribution < 1.29 is 29.1 Å². The van der Waals surface area contributed by atoms with E-state index in [4.69, 9.17) is 0 Å². The lowest BCUT2D eigenvalue weighted by atomic mass is 10.0. The molecule has 1 heterocycles. The molecule has 9 nitrogen and oxygen atoms in total. The number of imide groups is 1. The van der Waals surface area contributed by atoms with Gasteiger partial charge in [0.15, 0.2) is 0 Å². The number of amides is 4. The van der Waals surface area contributed by atoms with Crippen LogP contribution >= 0.6 is 15.9 Å². The normalized spacial score (nSPS) is 15.1. The van der Waals surface area contributed by atoms with Crippen LogP contribution in [-0.4, -0.2) is 63.1 Å². The van der Waals surface area contributed by atoms with Crippen molar-refractivity contribution in [3.8, 4) is 0 Å². The number of fused-ring (bicyclic) bond motifs is 1. The molecule has 3 N–H and O–H groups in total. The molecule has 0 fully saturated rings. The van der Waals surface area contributed by atoms with Crippen molar-refractivity contribution in [2.75, 3.05) is 6.54 Å². The number of nitrogens with one attached hydrogen (secondary N) is 2. The fourth-order valence-corrected chi connectivity index (χ4v) is 4.75. The Hall–Kier alpha value is -3.53. The van der Waals surface area contributed by atoms with Crippen LogP contribution in [0.1, 0.15) is 59.4 Å². The molecular formula is C28H32BrN3O6. The summed E-state index contributed by atoms with van der Waals surface area (Å²) in [5, 5.41) is 14.9. The average molecular weight is 586 g/mol. The van der Waals surface area contributed by atoms with E-state index in [-0.39, 0.29) is 30.7 Å². The summed E-state index contributed by atoms with van der Waals surface area (Å²) in [5.41, 5.74) is 1.52. The van der Waals surface area contributed by atoms with Crippen molar-refractivity contribution in [2.24, 2.45) is 5.92 Å². The third kappa shape index (κ3) is 7.50. The van der Waals surface area contributed by atoms with Crippen LogP contribution in [0.4, 0.5) is 0 Å². The summed E-state index contributed by atoms with van der Waals surface area (Å²) in [4.78, 5) is 63.3. The number of carboxylic acid groups (broad SMARTS) is 1. The van der Waals surface area contributed by atoms with Gasteiger partial charge in [-0.25, -0.2) is 4.79 Å². The van der Waals surface area contributed by atoms with Crippen LogP contribution in [0.15, 0.2) is 54.6 Å². The first kappa shape index (κ1) is 29.0. The van der Waals surface area contributed by atoms with E-state index in [9.17, 15) is 29.1 Å². The Kier molecular flexibility index (Phi) is 10.2. The number of carbonyl (C=O) groups is 5. The largest absolute Gasteiger partial charge is 0.480 e. The minimum Gasteiger partial charge on any atom is -0.480 e. The summed E-state index contributed by atoms with van der Waals surface area (Å²) in [6.45, 7) is 3.97. The molecule has 38 heavy (non-hydrogen) atoms. The number of hydrogen-bond acceptors (Lipinski definition) is 5. The van der Waals surface area contributed by atoms with Gasteiger partial charge in [0.05, 0.1) is 16.0 Å². The van der Waals surface area contributed by atoms with Gasteiger partial charge in [-0.2, -0.15) is 0 Å². The minimum absolute atomic E-state index is 0.0612. The first-order valence-corrected chi connectivity index (χ1v) is 13.5. The predicted octanol–water partition coefficient (Wildman–Crippen LogP) is 3.17. The van der Waals surface area contributed by atoms with Gasteiger partial charge in [0.2, 0.25) is 11.8 Å². The number of hydrogen-bond donors (Lipinski definition) is 3. The highest BCUT2D eigenvalue weighted by molar-refractivity contribution is 9.10. The van der Waals surface area contributed by atoms with E-state index in [1.807, 2.05) is 19.9 Å². The van der Waals surface area contributed by atoms with Gasteiger partial charge in [-0.05, 0) is 42.9 Å². The van der Waals surface area contributed by atoms with E-state index in [2.05, 4.69) is 26.6 Å². The molecule has 0 spiro atoms. The van der Waals surface area contributed by atoms with Gasteiger partial charge in [0.25, 0.3) is 11.8 Å². The molecule has 2 unspecified atom stereocenters. The van der Waals surface area contributed by atoms with Gasteiger partial charge in [-0.1, -0.05) is 72.2 Å². The first-order valence-electron chi connectivity index (χ1n) is 12.5. The molecule has 0 bridgehead atoms. The van der Waals surface area contributed by atoms with Gasteiger partial charge in [0.1, 0.15) is 12.1 Å². The Morgan fingerprint density at radius 3 is 1.97 bits per heavy atom. The summed E-state index contributed by atoms with van der Waals surface area (Å²) in [7, 11) is 0. The van der Waals surface area contributed by atoms with Crippen LogP contribution in [0, 0.1) is 5.92 Å². The molecule has 3 rings (SSSR count). The molecule has 2 aromatic carbocycles. The van der Waals surface area contributed by atoms with E-state index in [1.165, 1.54) is 4.90 Å². The zero-order valence-electron chi connectivity index (χ0n) is 21.4. The summed E-state index contributed by atoms with van der Waals surface area (Å²) < 4.78 is 0.